The van der Waals surface area contributed by atoms with Gasteiger partial charge in [0, 0.05) is 6.20 Å². The molecule has 3 rings (SSSR count). The maximum atomic E-state index is 11.9. The van der Waals surface area contributed by atoms with Crippen LogP contribution in [0.25, 0.3) is 0 Å². The highest BCUT2D eigenvalue weighted by Crippen LogP contribution is 2.42. The summed E-state index contributed by atoms with van der Waals surface area (Å²) in [5.41, 5.74) is 4.94. The van der Waals surface area contributed by atoms with E-state index in [0.29, 0.717) is 0 Å². The molecule has 0 aliphatic carbocycles. The Balaban J connectivity index is 1.96. The Morgan fingerprint density at radius 1 is 1.45 bits per heavy atom. The maximum absolute atomic E-state index is 11.9. The van der Waals surface area contributed by atoms with Crippen LogP contribution < -0.4 is 11.4 Å². The van der Waals surface area contributed by atoms with Crippen LogP contribution in [0.5, 0.6) is 0 Å². The Kier molecular flexibility index (Phi) is 3.05. The Hall–Kier alpha value is -1.48. The molecule has 1 aromatic rings. The second-order valence-corrected chi connectivity index (χ2v) is 5.35. The van der Waals surface area contributed by atoms with Gasteiger partial charge in [-0.1, -0.05) is 0 Å². The van der Waals surface area contributed by atoms with Gasteiger partial charge in [0.1, 0.15) is 24.1 Å². The van der Waals surface area contributed by atoms with Gasteiger partial charge in [0.15, 0.2) is 12.0 Å². The van der Waals surface area contributed by atoms with Gasteiger partial charge in [0.2, 0.25) is 0 Å². The Morgan fingerprint density at radius 3 is 2.80 bits per heavy atom. The fourth-order valence-electron chi connectivity index (χ4n) is 2.65. The van der Waals surface area contributed by atoms with E-state index in [4.69, 9.17) is 19.9 Å². The van der Waals surface area contributed by atoms with Crippen LogP contribution >= 0.6 is 0 Å². The number of nitrogen functional groups attached to an aromatic ring is 1. The Morgan fingerprint density at radius 2 is 2.15 bits per heavy atom. The minimum Gasteiger partial charge on any atom is -0.394 e. The molecule has 0 spiro atoms. The van der Waals surface area contributed by atoms with Gasteiger partial charge in [-0.15, -0.1) is 0 Å². The van der Waals surface area contributed by atoms with E-state index in [1.807, 2.05) is 0 Å². The van der Waals surface area contributed by atoms with Crippen molar-refractivity contribution < 1.29 is 19.3 Å². The third-order valence-electron chi connectivity index (χ3n) is 3.43. The van der Waals surface area contributed by atoms with Gasteiger partial charge in [-0.25, -0.2) is 4.79 Å². The Bertz CT molecular complexity index is 572. The quantitative estimate of drug-likeness (QED) is 0.734. The van der Waals surface area contributed by atoms with Crippen LogP contribution in [-0.4, -0.2) is 45.4 Å². The molecule has 110 valence electrons. The highest BCUT2D eigenvalue weighted by atomic mass is 16.8. The number of nitrogens with zero attached hydrogens (tertiary/aromatic N) is 2. The first-order valence-corrected chi connectivity index (χ1v) is 6.38. The van der Waals surface area contributed by atoms with Crippen molar-refractivity contribution in [1.29, 1.82) is 0 Å². The van der Waals surface area contributed by atoms with Crippen molar-refractivity contribution in [3.05, 3.63) is 22.7 Å². The molecule has 2 saturated heterocycles. The molecule has 8 heteroatoms. The van der Waals surface area contributed by atoms with Crippen LogP contribution in [0.3, 0.4) is 0 Å². The lowest BCUT2D eigenvalue weighted by molar-refractivity contribution is -0.200. The number of rotatable bonds is 2. The van der Waals surface area contributed by atoms with Crippen molar-refractivity contribution in [2.75, 3.05) is 12.3 Å². The van der Waals surface area contributed by atoms with Crippen LogP contribution in [0.15, 0.2) is 17.1 Å². The number of hydrogen-bond donors (Lipinski definition) is 2. The number of aromatic nitrogens is 2. The van der Waals surface area contributed by atoms with Crippen molar-refractivity contribution in [1.82, 2.24) is 9.55 Å². The molecule has 8 nitrogen and oxygen atoms in total. The zero-order valence-electron chi connectivity index (χ0n) is 11.2. The summed E-state index contributed by atoms with van der Waals surface area (Å²) < 4.78 is 18.5. The summed E-state index contributed by atoms with van der Waals surface area (Å²) in [5, 5.41) is 9.38. The lowest BCUT2D eigenvalue weighted by atomic mass is 10.1. The average Bonchev–Trinajstić information content (AvgIpc) is 2.83. The predicted molar refractivity (Wildman–Crippen MR) is 67.7 cm³/mol. The monoisotopic (exact) mass is 283 g/mol. The van der Waals surface area contributed by atoms with Gasteiger partial charge >= 0.3 is 5.69 Å². The minimum atomic E-state index is -0.782. The second-order valence-electron chi connectivity index (χ2n) is 5.35. The highest BCUT2D eigenvalue weighted by Gasteiger charge is 2.55. The van der Waals surface area contributed by atoms with Crippen molar-refractivity contribution in [2.24, 2.45) is 0 Å². The zero-order valence-corrected chi connectivity index (χ0v) is 11.2. The van der Waals surface area contributed by atoms with Crippen molar-refractivity contribution in [3.63, 3.8) is 0 Å². The summed E-state index contributed by atoms with van der Waals surface area (Å²) in [4.78, 5) is 15.6. The molecule has 3 heterocycles. The summed E-state index contributed by atoms with van der Waals surface area (Å²) in [6.07, 6.45) is -0.647. The molecule has 0 amide bonds. The van der Waals surface area contributed by atoms with E-state index in [2.05, 4.69) is 4.98 Å². The van der Waals surface area contributed by atoms with Gasteiger partial charge in [0.05, 0.1) is 6.61 Å². The molecule has 0 unspecified atom stereocenters. The van der Waals surface area contributed by atoms with Gasteiger partial charge in [-0.3, -0.25) is 4.57 Å². The van der Waals surface area contributed by atoms with Gasteiger partial charge < -0.3 is 25.1 Å². The van der Waals surface area contributed by atoms with E-state index in [0.717, 1.165) is 0 Å². The van der Waals surface area contributed by atoms with Crippen molar-refractivity contribution in [3.8, 4) is 0 Å². The zero-order chi connectivity index (χ0) is 14.5. The van der Waals surface area contributed by atoms with E-state index < -0.39 is 36.0 Å². The minimum absolute atomic E-state index is 0.142. The van der Waals surface area contributed by atoms with Crippen molar-refractivity contribution >= 4 is 5.82 Å². The highest BCUT2D eigenvalue weighted by molar-refractivity contribution is 5.23. The Labute approximate surface area is 115 Å². The lowest BCUT2D eigenvalue weighted by Crippen LogP contribution is -2.35. The van der Waals surface area contributed by atoms with Crippen LogP contribution in [-0.2, 0) is 14.2 Å². The summed E-state index contributed by atoms with van der Waals surface area (Å²) in [6, 6.07) is 1.51. The topological polar surface area (TPSA) is 109 Å². The third kappa shape index (κ3) is 2.10. The summed E-state index contributed by atoms with van der Waals surface area (Å²) in [7, 11) is 0. The molecule has 2 fully saturated rings. The summed E-state index contributed by atoms with van der Waals surface area (Å²) >= 11 is 0. The molecule has 1 aromatic heterocycles. The van der Waals surface area contributed by atoms with Gasteiger partial charge in [-0.05, 0) is 19.9 Å². The number of ether oxygens (including phenoxy) is 3. The second kappa shape index (κ2) is 4.52. The summed E-state index contributed by atoms with van der Waals surface area (Å²) in [6.45, 7) is 3.34. The number of aliphatic hydroxyl groups excluding tert-OH is 1. The first-order chi connectivity index (χ1) is 9.41. The van der Waals surface area contributed by atoms with Crippen LogP contribution in [0.4, 0.5) is 5.82 Å². The molecule has 2 aliphatic heterocycles. The molecule has 3 N–H and O–H groups in total. The number of aliphatic hydroxyl groups is 1. The smallest absolute Gasteiger partial charge is 0.351 e. The maximum Gasteiger partial charge on any atom is 0.351 e. The molecule has 0 radical (unpaired) electrons. The first kappa shape index (κ1) is 13.5. The van der Waals surface area contributed by atoms with Crippen LogP contribution in [0.1, 0.15) is 20.1 Å². The molecule has 2 aliphatic rings. The number of nitrogens with two attached hydrogens (primary N) is 1. The fourth-order valence-corrected chi connectivity index (χ4v) is 2.65. The number of anilines is 1. The molecule has 0 aromatic carbocycles. The lowest BCUT2D eigenvalue weighted by Gasteiger charge is -2.24. The molecular formula is C12H17N3O5. The molecule has 0 saturated carbocycles. The molecule has 20 heavy (non-hydrogen) atoms. The number of hydrogen-bond acceptors (Lipinski definition) is 7. The SMILES string of the molecule is CC1(C)O[C@@H]2[C@H](O1)[C@H](CO)O[C@@H]2n1ccc(N)nc1=O. The van der Waals surface area contributed by atoms with E-state index in [1.54, 1.807) is 13.8 Å². The van der Waals surface area contributed by atoms with E-state index in [-0.39, 0.29) is 12.4 Å². The van der Waals surface area contributed by atoms with E-state index in [1.165, 1.54) is 16.8 Å². The van der Waals surface area contributed by atoms with E-state index >= 15 is 0 Å². The number of fused-ring (bicyclic) bond motifs is 1. The normalized spacial score (nSPS) is 35.1. The molecular weight excluding hydrogens is 266 g/mol. The van der Waals surface area contributed by atoms with Crippen LogP contribution in [0.2, 0.25) is 0 Å². The van der Waals surface area contributed by atoms with Gasteiger partial charge in [0.25, 0.3) is 0 Å². The predicted octanol–water partition coefficient (Wildman–Crippen LogP) is -0.765. The standard InChI is InChI=1S/C12H17N3O5/c1-12(2)19-8-6(5-16)18-10(9(8)20-12)15-4-3-7(13)14-11(15)17/h3-4,6,8-10,16H,5H2,1-2H3,(H2,13,14,17)/t6-,8+,9+,10-/m0/s1. The molecule has 4 atom stereocenters. The van der Waals surface area contributed by atoms with Gasteiger partial charge in [-0.2, -0.15) is 4.98 Å². The first-order valence-electron chi connectivity index (χ1n) is 6.38. The fraction of sp³-hybridized carbons (Fsp3) is 0.667. The average molecular weight is 283 g/mol. The largest absolute Gasteiger partial charge is 0.394 e. The summed E-state index contributed by atoms with van der Waals surface area (Å²) in [5.74, 6) is -0.640. The molecule has 0 bridgehead atoms. The van der Waals surface area contributed by atoms with E-state index in [9.17, 15) is 9.90 Å². The van der Waals surface area contributed by atoms with Crippen LogP contribution in [0, 0.1) is 0 Å². The third-order valence-corrected chi connectivity index (χ3v) is 3.43. The van der Waals surface area contributed by atoms with Crippen molar-refractivity contribution in [2.45, 2.75) is 44.2 Å².